The summed E-state index contributed by atoms with van der Waals surface area (Å²) in [6.07, 6.45) is 6.27. The number of carbonyl (C=O) groups excluding carboxylic acids is 2. The molecule has 1 aromatic rings. The van der Waals surface area contributed by atoms with Gasteiger partial charge in [0.1, 0.15) is 17.0 Å². The minimum Gasteiger partial charge on any atom is -0.506 e. The number of aromatic hydroxyl groups is 2. The normalized spacial score (nSPS) is 36.0. The number of carboxylic acid groups (broad SMARTS) is 1. The number of hydrogen-bond acceptors (Lipinski definition) is 7. The van der Waals surface area contributed by atoms with Crippen LogP contribution in [-0.4, -0.2) is 50.4 Å². The van der Waals surface area contributed by atoms with E-state index in [4.69, 9.17) is 4.74 Å². The molecule has 0 unspecified atom stereocenters. The first kappa shape index (κ1) is 25.1. The number of allylic oxidation sites excluding steroid dienone is 2. The fourth-order valence-corrected chi connectivity index (χ4v) is 8.64. The smallest absolute Gasteiger partial charge is 0.339 e. The van der Waals surface area contributed by atoms with Crippen molar-refractivity contribution in [2.24, 2.45) is 22.7 Å². The van der Waals surface area contributed by atoms with E-state index in [1.54, 1.807) is 11.8 Å². The number of benzene rings is 1. The topological polar surface area (TPSA) is 133 Å². The lowest BCUT2D eigenvalue weighted by Gasteiger charge is -2.56. The summed E-state index contributed by atoms with van der Waals surface area (Å²) in [5, 5.41) is 32.1. The van der Waals surface area contributed by atoms with Crippen molar-refractivity contribution < 1.29 is 34.4 Å². The van der Waals surface area contributed by atoms with Gasteiger partial charge < -0.3 is 25.4 Å². The first-order chi connectivity index (χ1) is 16.9. The van der Waals surface area contributed by atoms with Gasteiger partial charge >= 0.3 is 5.97 Å². The van der Waals surface area contributed by atoms with Crippen molar-refractivity contribution in [3.8, 4) is 11.5 Å². The molecule has 3 aliphatic carbocycles. The van der Waals surface area contributed by atoms with Crippen LogP contribution in [0.3, 0.4) is 0 Å². The average Bonchev–Trinajstić information content (AvgIpc) is 3.17. The van der Waals surface area contributed by atoms with Crippen LogP contribution in [0.15, 0.2) is 23.1 Å². The third kappa shape index (κ3) is 3.65. The van der Waals surface area contributed by atoms with E-state index in [2.05, 4.69) is 25.2 Å². The summed E-state index contributed by atoms with van der Waals surface area (Å²) in [6, 6.07) is 2.18. The van der Waals surface area contributed by atoms with Gasteiger partial charge in [0.15, 0.2) is 11.5 Å². The summed E-state index contributed by atoms with van der Waals surface area (Å²) in [5.74, 6) is -1.64. The van der Waals surface area contributed by atoms with Gasteiger partial charge in [0.2, 0.25) is 5.91 Å². The molecule has 0 aromatic heterocycles. The van der Waals surface area contributed by atoms with Gasteiger partial charge in [-0.05, 0) is 68.2 Å². The van der Waals surface area contributed by atoms with Crippen molar-refractivity contribution in [2.45, 2.75) is 71.0 Å². The minimum absolute atomic E-state index is 0.0137. The van der Waals surface area contributed by atoms with Gasteiger partial charge in [0, 0.05) is 22.7 Å². The van der Waals surface area contributed by atoms with Gasteiger partial charge in [-0.25, -0.2) is 4.79 Å². The number of rotatable bonds is 8. The summed E-state index contributed by atoms with van der Waals surface area (Å²) in [6.45, 7) is 6.25. The molecular weight excluding hydrogens is 482 g/mol. The van der Waals surface area contributed by atoms with Crippen molar-refractivity contribution in [1.82, 2.24) is 0 Å². The predicted molar refractivity (Wildman–Crippen MR) is 135 cm³/mol. The molecule has 4 bridgehead atoms. The highest BCUT2D eigenvalue weighted by atomic mass is 32.2. The maximum absolute atomic E-state index is 13.9. The lowest BCUT2D eigenvalue weighted by atomic mass is 9.51. The van der Waals surface area contributed by atoms with E-state index in [0.29, 0.717) is 5.92 Å². The highest BCUT2D eigenvalue weighted by Crippen LogP contribution is 2.72. The highest BCUT2D eigenvalue weighted by molar-refractivity contribution is 8.04. The Kier molecular flexibility index (Phi) is 5.95. The molecule has 4 N–H and O–H groups in total. The highest BCUT2D eigenvalue weighted by Gasteiger charge is 2.72. The molecule has 6 atom stereocenters. The number of nitrogens with one attached hydrogen (secondary N) is 1. The summed E-state index contributed by atoms with van der Waals surface area (Å²) in [7, 11) is 0. The number of carbonyl (C=O) groups is 3. The molecule has 2 saturated heterocycles. The van der Waals surface area contributed by atoms with Gasteiger partial charge in [0.05, 0.1) is 11.7 Å². The fourth-order valence-electron chi connectivity index (χ4n) is 7.53. The predicted octanol–water partition coefficient (Wildman–Crippen LogP) is 4.70. The number of phenolic OH excluding ortho intramolecular Hbond substituents is 1. The van der Waals surface area contributed by atoms with Crippen molar-refractivity contribution >= 4 is 35.1 Å². The van der Waals surface area contributed by atoms with E-state index in [-0.39, 0.29) is 47.4 Å². The summed E-state index contributed by atoms with van der Waals surface area (Å²) in [4.78, 5) is 39.0. The van der Waals surface area contributed by atoms with Crippen LogP contribution in [-0.2, 0) is 14.3 Å². The third-order valence-electron chi connectivity index (χ3n) is 8.93. The molecule has 4 fully saturated rings. The molecule has 2 aliphatic heterocycles. The molecule has 36 heavy (non-hydrogen) atoms. The van der Waals surface area contributed by atoms with E-state index < -0.39 is 34.4 Å². The molecule has 2 heterocycles. The molecular formula is C27H33NO7S. The van der Waals surface area contributed by atoms with Crippen LogP contribution in [0.5, 0.6) is 11.5 Å². The molecule has 0 radical (unpaired) electrons. The first-order valence-electron chi connectivity index (χ1n) is 12.6. The standard InChI is InChI=1S/C27H33NO7S/c1-4-9-36-18-12-27-11-14-10-17(35-26(14,3)13-27)22(27)25(2,23(18)32)8-7-19(30)28-20-16(29)6-5-15(21(20)31)24(33)34/h5-6,12,14,17,22,29,31H,4,7-11,13H2,1-3H3,(H,28,30)(H,33,34)/t14-,17+,22+,25+,26+,27-/m1/s1. The fraction of sp³-hybridized carbons (Fsp3) is 0.593. The van der Waals surface area contributed by atoms with Crippen molar-refractivity contribution in [2.75, 3.05) is 11.1 Å². The molecule has 194 valence electrons. The Morgan fingerprint density at radius 3 is 2.67 bits per heavy atom. The third-order valence-corrected chi connectivity index (χ3v) is 10.2. The second-order valence-electron chi connectivity index (χ2n) is 11.3. The number of phenols is 2. The van der Waals surface area contributed by atoms with Crippen LogP contribution in [0.1, 0.15) is 69.7 Å². The van der Waals surface area contributed by atoms with Gasteiger partial charge in [-0.1, -0.05) is 19.9 Å². The van der Waals surface area contributed by atoms with Gasteiger partial charge in [-0.15, -0.1) is 11.8 Å². The Morgan fingerprint density at radius 1 is 1.25 bits per heavy atom. The number of carboxylic acids is 1. The zero-order valence-corrected chi connectivity index (χ0v) is 21.6. The molecule has 9 heteroatoms. The Bertz CT molecular complexity index is 1180. The lowest BCUT2D eigenvalue weighted by Crippen LogP contribution is -2.57. The average molecular weight is 516 g/mol. The van der Waals surface area contributed by atoms with Crippen molar-refractivity contribution in [3.63, 3.8) is 0 Å². The van der Waals surface area contributed by atoms with Crippen LogP contribution in [0.2, 0.25) is 0 Å². The van der Waals surface area contributed by atoms with E-state index in [9.17, 15) is 29.7 Å². The molecule has 1 aromatic carbocycles. The quantitative estimate of drug-likeness (QED) is 0.366. The van der Waals surface area contributed by atoms with Crippen LogP contribution < -0.4 is 5.32 Å². The molecule has 5 aliphatic rings. The number of thioether (sulfide) groups is 1. The Balaban J connectivity index is 1.41. The second kappa shape index (κ2) is 8.52. The molecule has 1 amide bonds. The van der Waals surface area contributed by atoms with Crippen LogP contribution >= 0.6 is 11.8 Å². The number of ether oxygens (including phenoxy) is 1. The number of hydrogen-bond donors (Lipinski definition) is 4. The van der Waals surface area contributed by atoms with Gasteiger partial charge in [0.25, 0.3) is 0 Å². The number of amides is 1. The van der Waals surface area contributed by atoms with Gasteiger partial charge in [-0.2, -0.15) is 0 Å². The van der Waals surface area contributed by atoms with Crippen molar-refractivity contribution in [3.05, 3.63) is 28.7 Å². The summed E-state index contributed by atoms with van der Waals surface area (Å²) >= 11 is 1.60. The Hall–Kier alpha value is -2.52. The largest absolute Gasteiger partial charge is 0.506 e. The van der Waals surface area contributed by atoms with Crippen LogP contribution in [0, 0.1) is 22.7 Å². The zero-order valence-electron chi connectivity index (χ0n) is 20.8. The number of Topliss-reactive ketones (excluding diaryl/α,β-unsaturated/α-hetero) is 1. The SMILES string of the molecule is CCCSC1=C[C@]23C[C@H]4C[C@H](O[C@@]4(C)C2)[C@H]3[C@](C)(CCC(=O)Nc2c(O)ccc(C(=O)O)c2O)C1=O. The van der Waals surface area contributed by atoms with E-state index in [1.165, 1.54) is 0 Å². The maximum atomic E-state index is 13.9. The summed E-state index contributed by atoms with van der Waals surface area (Å²) in [5.41, 5.74) is -1.82. The number of anilines is 1. The number of aromatic carboxylic acids is 1. The monoisotopic (exact) mass is 515 g/mol. The summed E-state index contributed by atoms with van der Waals surface area (Å²) < 4.78 is 6.52. The molecule has 6 rings (SSSR count). The molecule has 8 nitrogen and oxygen atoms in total. The maximum Gasteiger partial charge on any atom is 0.339 e. The van der Waals surface area contributed by atoms with E-state index in [1.807, 2.05) is 6.92 Å². The molecule has 2 saturated carbocycles. The second-order valence-corrected chi connectivity index (χ2v) is 12.4. The van der Waals surface area contributed by atoms with Crippen LogP contribution in [0.25, 0.3) is 0 Å². The molecule has 1 spiro atoms. The zero-order chi connectivity index (χ0) is 26.0. The first-order valence-corrected chi connectivity index (χ1v) is 13.6. The Morgan fingerprint density at radius 2 is 2.00 bits per heavy atom. The Labute approximate surface area is 214 Å². The minimum atomic E-state index is -1.38. The van der Waals surface area contributed by atoms with E-state index >= 15 is 0 Å². The van der Waals surface area contributed by atoms with E-state index in [0.717, 1.165) is 48.5 Å². The number of ketones is 1. The van der Waals surface area contributed by atoms with Crippen LogP contribution in [0.4, 0.5) is 5.69 Å². The van der Waals surface area contributed by atoms with Crippen molar-refractivity contribution in [1.29, 1.82) is 0 Å². The lowest BCUT2D eigenvalue weighted by molar-refractivity contribution is -0.169. The van der Waals surface area contributed by atoms with Gasteiger partial charge in [-0.3, -0.25) is 9.59 Å².